The van der Waals surface area contributed by atoms with E-state index >= 15 is 0 Å². The van der Waals surface area contributed by atoms with Gasteiger partial charge in [0.1, 0.15) is 6.04 Å². The van der Waals surface area contributed by atoms with Crippen molar-refractivity contribution in [1.82, 2.24) is 4.90 Å². The van der Waals surface area contributed by atoms with Crippen LogP contribution in [0.15, 0.2) is 47.9 Å². The van der Waals surface area contributed by atoms with Crippen molar-refractivity contribution >= 4 is 40.2 Å². The number of ether oxygens (including phenoxy) is 1. The van der Waals surface area contributed by atoms with Gasteiger partial charge in [0.2, 0.25) is 11.8 Å². The summed E-state index contributed by atoms with van der Waals surface area (Å²) in [4.78, 5) is 44.6. The molecule has 5 rings (SSSR count). The van der Waals surface area contributed by atoms with Crippen molar-refractivity contribution in [2.24, 2.45) is 11.8 Å². The summed E-state index contributed by atoms with van der Waals surface area (Å²) in [5, 5.41) is 1.87. The predicted octanol–water partition coefficient (Wildman–Crippen LogP) is 3.24. The number of imide groups is 1. The van der Waals surface area contributed by atoms with Gasteiger partial charge in [0.15, 0.2) is 5.78 Å². The smallest absolute Gasteiger partial charge is 0.235 e. The second kappa shape index (κ2) is 7.73. The topological polar surface area (TPSA) is 66.9 Å². The van der Waals surface area contributed by atoms with Gasteiger partial charge in [-0.3, -0.25) is 19.3 Å². The Hall–Kier alpha value is -2.77. The van der Waals surface area contributed by atoms with Crippen molar-refractivity contribution in [1.29, 1.82) is 0 Å². The molecule has 31 heavy (non-hydrogen) atoms. The number of anilines is 1. The largest absolute Gasteiger partial charge is 0.385 e. The minimum Gasteiger partial charge on any atom is -0.385 e. The first-order valence-electron chi connectivity index (χ1n) is 10.5. The van der Waals surface area contributed by atoms with Crippen LogP contribution in [0.25, 0.3) is 5.57 Å². The molecule has 3 aliphatic rings. The van der Waals surface area contributed by atoms with E-state index in [9.17, 15) is 14.4 Å². The summed E-state index contributed by atoms with van der Waals surface area (Å²) in [6.07, 6.45) is 2.65. The maximum atomic E-state index is 13.7. The number of Topliss-reactive ketones (excluding diaryl/α,β-unsaturated/α-hetero) is 1. The van der Waals surface area contributed by atoms with E-state index in [0.717, 1.165) is 16.8 Å². The Balaban J connectivity index is 1.61. The first-order valence-corrected chi connectivity index (χ1v) is 11.4. The molecule has 7 heteroatoms. The third kappa shape index (κ3) is 2.98. The van der Waals surface area contributed by atoms with E-state index in [-0.39, 0.29) is 23.6 Å². The zero-order valence-electron chi connectivity index (χ0n) is 17.5. The monoisotopic (exact) mass is 436 g/mol. The van der Waals surface area contributed by atoms with Crippen LogP contribution in [0.2, 0.25) is 0 Å². The van der Waals surface area contributed by atoms with Crippen molar-refractivity contribution in [2.75, 3.05) is 25.2 Å². The Bertz CT molecular complexity index is 1080. The highest BCUT2D eigenvalue weighted by molar-refractivity contribution is 7.12. The molecule has 0 saturated carbocycles. The van der Waals surface area contributed by atoms with Gasteiger partial charge in [-0.1, -0.05) is 30.3 Å². The molecule has 0 aliphatic carbocycles. The van der Waals surface area contributed by atoms with Crippen molar-refractivity contribution in [3.63, 3.8) is 0 Å². The molecule has 1 aromatic carbocycles. The van der Waals surface area contributed by atoms with E-state index in [4.69, 9.17) is 4.74 Å². The number of amides is 2. The van der Waals surface area contributed by atoms with Crippen molar-refractivity contribution in [3.8, 4) is 0 Å². The van der Waals surface area contributed by atoms with Gasteiger partial charge in [-0.2, -0.15) is 0 Å². The van der Waals surface area contributed by atoms with Crippen molar-refractivity contribution in [3.05, 3.63) is 58.3 Å². The average molecular weight is 437 g/mol. The lowest BCUT2D eigenvalue weighted by Gasteiger charge is -2.37. The van der Waals surface area contributed by atoms with Crippen LogP contribution in [-0.2, 0) is 14.3 Å². The molecule has 4 atom stereocenters. The number of benzene rings is 1. The number of allylic oxidation sites excluding steroid dienone is 1. The maximum Gasteiger partial charge on any atom is 0.235 e. The lowest BCUT2D eigenvalue weighted by Crippen LogP contribution is -2.49. The molecule has 1 aromatic heterocycles. The molecule has 0 unspecified atom stereocenters. The highest BCUT2D eigenvalue weighted by Gasteiger charge is 2.64. The van der Waals surface area contributed by atoms with Crippen LogP contribution >= 0.6 is 11.3 Å². The Morgan fingerprint density at radius 3 is 2.61 bits per heavy atom. The number of hydrogen-bond acceptors (Lipinski definition) is 6. The zero-order valence-corrected chi connectivity index (χ0v) is 18.3. The fraction of sp³-hybridized carbons (Fsp3) is 0.375. The maximum absolute atomic E-state index is 13.7. The number of fused-ring (bicyclic) bond motifs is 5. The van der Waals surface area contributed by atoms with Crippen molar-refractivity contribution < 1.29 is 19.1 Å². The summed E-state index contributed by atoms with van der Waals surface area (Å²) in [5.41, 5.74) is 3.03. The Kier molecular flexibility index (Phi) is 5.02. The minimum absolute atomic E-state index is 0.0878. The van der Waals surface area contributed by atoms with E-state index in [2.05, 4.69) is 6.08 Å². The minimum atomic E-state index is -0.692. The number of rotatable bonds is 6. The van der Waals surface area contributed by atoms with Crippen LogP contribution in [0, 0.1) is 11.8 Å². The van der Waals surface area contributed by atoms with Gasteiger partial charge in [-0.05, 0) is 36.4 Å². The van der Waals surface area contributed by atoms with Gasteiger partial charge in [0.25, 0.3) is 0 Å². The molecule has 6 nitrogen and oxygen atoms in total. The molecule has 160 valence electrons. The SMILES string of the molecule is COCCCN1C(=O)[C@@H]2[C@H](C1=O)[C@H](C(=O)c1cccs1)N1c3ccccc3C(C)=C[C@@H]21. The number of methoxy groups -OCH3 is 1. The summed E-state index contributed by atoms with van der Waals surface area (Å²) in [5.74, 6) is -1.72. The second-order valence-corrected chi connectivity index (χ2v) is 9.22. The van der Waals surface area contributed by atoms with Crippen LogP contribution in [0.4, 0.5) is 5.69 Å². The molecule has 0 bridgehead atoms. The summed E-state index contributed by atoms with van der Waals surface area (Å²) >= 11 is 1.37. The summed E-state index contributed by atoms with van der Waals surface area (Å²) < 4.78 is 5.09. The number of para-hydroxylation sites is 1. The lowest BCUT2D eigenvalue weighted by molar-refractivity contribution is -0.140. The van der Waals surface area contributed by atoms with E-state index < -0.39 is 17.9 Å². The van der Waals surface area contributed by atoms with Crippen molar-refractivity contribution in [2.45, 2.75) is 25.4 Å². The fourth-order valence-corrected chi connectivity index (χ4v) is 6.01. The highest BCUT2D eigenvalue weighted by Crippen LogP contribution is 2.50. The van der Waals surface area contributed by atoms with E-state index in [1.54, 1.807) is 13.2 Å². The number of likely N-dealkylation sites (tertiary alicyclic amines) is 1. The zero-order chi connectivity index (χ0) is 21.7. The summed E-state index contributed by atoms with van der Waals surface area (Å²) in [6.45, 7) is 2.83. The third-order valence-electron chi connectivity index (χ3n) is 6.61. The molecule has 4 heterocycles. The van der Waals surface area contributed by atoms with Gasteiger partial charge in [0.05, 0.1) is 22.8 Å². The fourth-order valence-electron chi connectivity index (χ4n) is 5.31. The average Bonchev–Trinajstić information content (AvgIpc) is 3.47. The van der Waals surface area contributed by atoms with Crippen LogP contribution < -0.4 is 4.90 Å². The van der Waals surface area contributed by atoms with Crippen LogP contribution in [0.5, 0.6) is 0 Å². The van der Waals surface area contributed by atoms with Gasteiger partial charge >= 0.3 is 0 Å². The van der Waals surface area contributed by atoms with Crippen LogP contribution in [-0.4, -0.2) is 54.8 Å². The van der Waals surface area contributed by atoms with E-state index in [1.807, 2.05) is 47.5 Å². The van der Waals surface area contributed by atoms with Gasteiger partial charge in [-0.15, -0.1) is 11.3 Å². The molecule has 0 radical (unpaired) electrons. The third-order valence-corrected chi connectivity index (χ3v) is 7.49. The Morgan fingerprint density at radius 1 is 1.10 bits per heavy atom. The van der Waals surface area contributed by atoms with Gasteiger partial charge in [-0.25, -0.2) is 0 Å². The van der Waals surface area contributed by atoms with Crippen LogP contribution in [0.1, 0.15) is 28.6 Å². The van der Waals surface area contributed by atoms with Crippen LogP contribution in [0.3, 0.4) is 0 Å². The number of thiophene rings is 1. The quantitative estimate of drug-likeness (QED) is 0.395. The molecule has 2 fully saturated rings. The van der Waals surface area contributed by atoms with Gasteiger partial charge < -0.3 is 9.64 Å². The molecule has 0 N–H and O–H groups in total. The summed E-state index contributed by atoms with van der Waals surface area (Å²) in [6, 6.07) is 10.6. The predicted molar refractivity (Wildman–Crippen MR) is 119 cm³/mol. The Labute approximate surface area is 185 Å². The normalized spacial score (nSPS) is 26.6. The molecular weight excluding hydrogens is 412 g/mol. The lowest BCUT2D eigenvalue weighted by atomic mass is 9.86. The van der Waals surface area contributed by atoms with E-state index in [1.165, 1.54) is 16.2 Å². The summed E-state index contributed by atoms with van der Waals surface area (Å²) in [7, 11) is 1.60. The molecule has 2 aromatic rings. The number of hydrogen-bond donors (Lipinski definition) is 0. The number of ketones is 1. The first-order chi connectivity index (χ1) is 15.0. The second-order valence-electron chi connectivity index (χ2n) is 8.28. The van der Waals surface area contributed by atoms with Gasteiger partial charge in [0, 0.05) is 31.5 Å². The highest BCUT2D eigenvalue weighted by atomic mass is 32.1. The molecule has 2 amide bonds. The number of nitrogens with zero attached hydrogens (tertiary/aromatic N) is 2. The Morgan fingerprint density at radius 2 is 1.87 bits per heavy atom. The molecule has 0 spiro atoms. The molecular formula is C24H24N2O4S. The van der Waals surface area contributed by atoms with E-state index in [0.29, 0.717) is 24.4 Å². The standard InChI is InChI=1S/C24H24N2O4S/c1-14-13-17-19-20(24(29)25(23(19)28)10-6-11-30-2)21(22(27)18-9-5-12-31-18)26(17)16-8-4-3-7-15(14)16/h3-5,7-9,12-13,17,19-21H,6,10-11H2,1-2H3/t17-,19-,20-,21+/m0/s1. The molecule has 2 saturated heterocycles. The number of carbonyl (C=O) groups excluding carboxylic acids is 3. The molecule has 3 aliphatic heterocycles. The first kappa shape index (κ1) is 20.2. The number of carbonyl (C=O) groups is 3.